The molecule has 0 bridgehead atoms. The Balaban J connectivity index is 0.875. The molecule has 2 saturated heterocycles. The highest BCUT2D eigenvalue weighted by atomic mass is 35.5. The second-order valence-corrected chi connectivity index (χ2v) is 22.0. The Labute approximate surface area is 402 Å². The summed E-state index contributed by atoms with van der Waals surface area (Å²) >= 11 is 6.27. The van der Waals surface area contributed by atoms with E-state index < -0.39 is 20.9 Å². The lowest BCUT2D eigenvalue weighted by atomic mass is 9.72. The molecule has 17 heteroatoms. The van der Waals surface area contributed by atoms with E-state index in [1.807, 2.05) is 36.4 Å². The van der Waals surface area contributed by atoms with Gasteiger partial charge in [0.15, 0.2) is 5.65 Å². The van der Waals surface area contributed by atoms with Gasteiger partial charge in [0.1, 0.15) is 11.2 Å². The fourth-order valence-corrected chi connectivity index (χ4v) is 12.0. The van der Waals surface area contributed by atoms with Gasteiger partial charge >= 0.3 is 0 Å². The van der Waals surface area contributed by atoms with Gasteiger partial charge in [-0.05, 0) is 135 Å². The Kier molecular flexibility index (Phi) is 12.8. The monoisotopic (exact) mass is 958 g/mol. The number of halogens is 1. The number of sulfonamides is 1. The molecule has 10 rings (SSSR count). The minimum atomic E-state index is -4.56. The number of amides is 1. The summed E-state index contributed by atoms with van der Waals surface area (Å²) in [5.41, 5.74) is 7.47. The molecule has 3 aromatic heterocycles. The van der Waals surface area contributed by atoms with Gasteiger partial charge in [-0.1, -0.05) is 56.0 Å². The van der Waals surface area contributed by atoms with Crippen LogP contribution in [-0.2, 0) is 10.0 Å². The minimum Gasteiger partial charge on any atom is -0.379 e. The van der Waals surface area contributed by atoms with Gasteiger partial charge in [-0.15, -0.1) is 0 Å². The number of likely N-dealkylation sites (tertiary alicyclic amines) is 1. The third-order valence-electron chi connectivity index (χ3n) is 14.8. The standard InChI is InChI=1S/C51H59ClN10O5S/c1-51(2)19-15-37(43(30-51)35-7-9-38(52)10-8-35)33-58-23-25-60(26-24-58)40-11-13-42(46(28-40)61-47-27-36-16-20-53-49(36)56-45(47)32-55-61)50(63)57-68(66,67)41-12-14-44(48(29-41)62(64)65)54-31-34-17-21-59(22-18-34)39-5-3-4-6-39/h7-14,16,20,27-29,32,34,39,54-55H,3-6,15,17-19,21-26,30-31,33H2,1-2H3,(H,57,63). The zero-order valence-corrected chi connectivity index (χ0v) is 40.3. The number of pyridine rings is 1. The number of aromatic nitrogens is 4. The molecule has 3 aromatic carbocycles. The Hall–Kier alpha value is -5.81. The van der Waals surface area contributed by atoms with Crippen LogP contribution in [0.4, 0.5) is 17.1 Å². The first kappa shape index (κ1) is 45.9. The quantitative estimate of drug-likeness (QED) is 0.0743. The molecular weight excluding hydrogens is 900 g/mol. The van der Waals surface area contributed by atoms with E-state index in [-0.39, 0.29) is 27.2 Å². The number of hydrogen-bond donors (Lipinski definition) is 3. The molecule has 0 unspecified atom stereocenters. The molecule has 2 aliphatic carbocycles. The average molecular weight is 960 g/mol. The number of benzene rings is 3. The number of hydrogen-bond acceptors (Lipinski definition) is 11. The number of nitro groups is 1. The molecule has 3 fully saturated rings. The molecule has 0 atom stereocenters. The van der Waals surface area contributed by atoms with Crippen molar-refractivity contribution in [2.24, 2.45) is 11.3 Å². The molecule has 1 saturated carbocycles. The summed E-state index contributed by atoms with van der Waals surface area (Å²) in [5.74, 6) is -0.533. The smallest absolute Gasteiger partial charge is 0.293 e. The summed E-state index contributed by atoms with van der Waals surface area (Å²) in [6.07, 6.45) is 13.7. The van der Waals surface area contributed by atoms with Crippen molar-refractivity contribution < 1.29 is 18.1 Å². The number of nitrogens with one attached hydrogen (secondary N) is 3. The second-order valence-electron chi connectivity index (χ2n) is 19.9. The molecule has 68 heavy (non-hydrogen) atoms. The number of carbonyl (C=O) groups is 1. The van der Waals surface area contributed by atoms with Crippen molar-refractivity contribution >= 4 is 72.2 Å². The van der Waals surface area contributed by atoms with Crippen molar-refractivity contribution in [1.82, 2.24) is 34.3 Å². The third-order valence-corrected chi connectivity index (χ3v) is 16.4. The van der Waals surface area contributed by atoms with E-state index in [2.05, 4.69) is 60.8 Å². The van der Waals surface area contributed by atoms with Gasteiger partial charge in [0.05, 0.1) is 26.6 Å². The number of piperazine rings is 1. The average Bonchev–Trinajstić information content (AvgIpc) is 4.13. The first-order valence-electron chi connectivity index (χ1n) is 24.0. The van der Waals surface area contributed by atoms with Gasteiger partial charge in [0, 0.05) is 79.9 Å². The predicted molar refractivity (Wildman–Crippen MR) is 268 cm³/mol. The van der Waals surface area contributed by atoms with Gasteiger partial charge in [-0.25, -0.2) is 23.1 Å². The number of piperidine rings is 1. The van der Waals surface area contributed by atoms with Crippen LogP contribution < -0.4 is 14.9 Å². The third kappa shape index (κ3) is 9.73. The molecule has 6 aromatic rings. The van der Waals surface area contributed by atoms with Crippen molar-refractivity contribution in [3.63, 3.8) is 0 Å². The maximum absolute atomic E-state index is 14.3. The summed E-state index contributed by atoms with van der Waals surface area (Å²) in [4.78, 5) is 42.1. The van der Waals surface area contributed by atoms with E-state index in [1.165, 1.54) is 54.5 Å². The lowest BCUT2D eigenvalue weighted by Gasteiger charge is -2.39. The van der Waals surface area contributed by atoms with Crippen LogP contribution in [0.1, 0.15) is 87.6 Å². The van der Waals surface area contributed by atoms with Gasteiger partial charge in [-0.3, -0.25) is 29.6 Å². The van der Waals surface area contributed by atoms with E-state index in [0.29, 0.717) is 40.9 Å². The highest BCUT2D eigenvalue weighted by molar-refractivity contribution is 7.90. The number of fused-ring (bicyclic) bond motifs is 2. The molecule has 15 nitrogen and oxygen atoms in total. The molecular formula is C51H59ClN10O5S. The lowest BCUT2D eigenvalue weighted by molar-refractivity contribution is -0.384. The number of H-pyrrole nitrogens is 1. The number of allylic oxidation sites excluding steroid dienone is 1. The molecule has 3 N–H and O–H groups in total. The Bertz CT molecular complexity index is 3000. The van der Waals surface area contributed by atoms with Crippen LogP contribution in [0.3, 0.4) is 0 Å². The number of aromatic amines is 1. The lowest BCUT2D eigenvalue weighted by Crippen LogP contribution is -2.47. The maximum atomic E-state index is 14.3. The van der Waals surface area contributed by atoms with Crippen molar-refractivity contribution in [2.45, 2.75) is 82.6 Å². The second kappa shape index (κ2) is 18.9. The Morgan fingerprint density at radius 1 is 0.941 bits per heavy atom. The summed E-state index contributed by atoms with van der Waals surface area (Å²) in [7, 11) is -4.56. The van der Waals surface area contributed by atoms with Crippen LogP contribution >= 0.6 is 11.6 Å². The highest BCUT2D eigenvalue weighted by Crippen LogP contribution is 2.43. The summed E-state index contributed by atoms with van der Waals surface area (Å²) in [5, 5.41) is 20.4. The number of rotatable bonds is 13. The normalized spacial score (nSPS) is 19.0. The first-order chi connectivity index (χ1) is 32.8. The van der Waals surface area contributed by atoms with Gasteiger partial charge in [0.2, 0.25) is 0 Å². The van der Waals surface area contributed by atoms with Crippen LogP contribution in [0, 0.1) is 21.4 Å². The van der Waals surface area contributed by atoms with Crippen molar-refractivity contribution in [3.05, 3.63) is 117 Å². The van der Waals surface area contributed by atoms with Crippen molar-refractivity contribution in [3.8, 4) is 5.69 Å². The van der Waals surface area contributed by atoms with Crippen LogP contribution in [0.25, 0.3) is 33.3 Å². The van der Waals surface area contributed by atoms with Crippen LogP contribution in [0.5, 0.6) is 0 Å². The van der Waals surface area contributed by atoms with Crippen LogP contribution in [0.15, 0.2) is 95.7 Å². The van der Waals surface area contributed by atoms with Gasteiger partial charge in [0.25, 0.3) is 21.6 Å². The van der Waals surface area contributed by atoms with E-state index in [1.54, 1.807) is 23.1 Å². The largest absolute Gasteiger partial charge is 0.379 e. The molecule has 356 valence electrons. The minimum absolute atomic E-state index is 0.0825. The number of carbonyl (C=O) groups excluding carboxylic acids is 1. The molecule has 4 aliphatic rings. The number of nitrogens with zero attached hydrogens (tertiary/aromatic N) is 7. The zero-order valence-electron chi connectivity index (χ0n) is 38.7. The first-order valence-corrected chi connectivity index (χ1v) is 25.9. The highest BCUT2D eigenvalue weighted by Gasteiger charge is 2.32. The van der Waals surface area contributed by atoms with Gasteiger partial charge in [-0.2, -0.15) is 0 Å². The maximum Gasteiger partial charge on any atom is 0.293 e. The SMILES string of the molecule is CC1(C)CCC(CN2CCN(c3ccc(C(=O)NS(=O)(=O)c4ccc(NCC5CCN(C6CCCC6)CC5)c([N+](=O)[O-])c4)c(-n4[nH]cc5nc6nccc6cc54)c3)CC2)=C(c2ccc(Cl)cc2)C1. The summed E-state index contributed by atoms with van der Waals surface area (Å²) in [6, 6.07) is 21.8. The molecule has 1 amide bonds. The molecule has 5 heterocycles. The van der Waals surface area contributed by atoms with E-state index in [0.717, 1.165) is 100 Å². The van der Waals surface area contributed by atoms with Crippen molar-refractivity contribution in [2.75, 3.05) is 62.6 Å². The fraction of sp³-hybridized carbons (Fsp3) is 0.431. The Morgan fingerprint density at radius 3 is 2.46 bits per heavy atom. The van der Waals surface area contributed by atoms with E-state index >= 15 is 0 Å². The number of anilines is 2. The topological polar surface area (TPSA) is 175 Å². The van der Waals surface area contributed by atoms with Crippen molar-refractivity contribution in [1.29, 1.82) is 0 Å². The molecule has 2 aliphatic heterocycles. The number of nitro benzene ring substituents is 1. The summed E-state index contributed by atoms with van der Waals surface area (Å²) in [6.45, 7) is 11.3. The van der Waals surface area contributed by atoms with Crippen LogP contribution in [-0.4, -0.2) is 107 Å². The molecule has 0 spiro atoms. The van der Waals surface area contributed by atoms with Crippen LogP contribution in [0.2, 0.25) is 5.02 Å². The van der Waals surface area contributed by atoms with E-state index in [4.69, 9.17) is 16.6 Å². The Morgan fingerprint density at radius 2 is 1.71 bits per heavy atom. The zero-order chi connectivity index (χ0) is 47.2. The summed E-state index contributed by atoms with van der Waals surface area (Å²) < 4.78 is 31.9. The predicted octanol–water partition coefficient (Wildman–Crippen LogP) is 9.43. The fourth-order valence-electron chi connectivity index (χ4n) is 10.9. The van der Waals surface area contributed by atoms with Gasteiger partial charge < -0.3 is 15.1 Å². The molecule has 0 radical (unpaired) electrons. The van der Waals surface area contributed by atoms with E-state index in [9.17, 15) is 23.3 Å².